The molecule has 0 atom stereocenters. The third-order valence-electron chi connectivity index (χ3n) is 6.51. The van der Waals surface area contributed by atoms with Crippen molar-refractivity contribution in [3.63, 3.8) is 0 Å². The second-order valence-corrected chi connectivity index (χ2v) is 9.27. The maximum Gasteiger partial charge on any atom is 0.278 e. The fraction of sp³-hybridized carbons (Fsp3) is 0.385. The molecule has 4 rings (SSSR count). The summed E-state index contributed by atoms with van der Waals surface area (Å²) >= 11 is 6.58. The number of aromatic hydroxyl groups is 1. The van der Waals surface area contributed by atoms with Gasteiger partial charge in [0.15, 0.2) is 0 Å². The van der Waals surface area contributed by atoms with E-state index in [9.17, 15) is 18.7 Å². The third kappa shape index (κ3) is 5.89. The number of alkyl halides is 2. The van der Waals surface area contributed by atoms with Crippen LogP contribution in [0.15, 0.2) is 54.1 Å². The first kappa shape index (κ1) is 25.3. The standard InChI is InChI=1S/C26H28ClF2N3O3/c1-2-26(28,29)15-32-10-7-17(8-11-32)9-12-35-14-18-5-3-4-6-19(18)20-13-21(33)24-22(23(20)27)25(34)31-16-30-24/h2-6,13,16-17,33H,1,7-12,14-15H2,(H,30,31,34). The Hall–Kier alpha value is -2.81. The summed E-state index contributed by atoms with van der Waals surface area (Å²) in [5.74, 6) is -2.54. The number of H-pyrrole nitrogens is 1. The lowest BCUT2D eigenvalue weighted by molar-refractivity contribution is 0.00132. The molecule has 9 heteroatoms. The van der Waals surface area contributed by atoms with E-state index in [0.29, 0.717) is 43.9 Å². The van der Waals surface area contributed by atoms with E-state index in [0.717, 1.165) is 30.4 Å². The Morgan fingerprint density at radius 2 is 2.03 bits per heavy atom. The average molecular weight is 504 g/mol. The van der Waals surface area contributed by atoms with Gasteiger partial charge in [-0.05, 0) is 61.5 Å². The van der Waals surface area contributed by atoms with Gasteiger partial charge in [-0.15, -0.1) is 0 Å². The van der Waals surface area contributed by atoms with E-state index >= 15 is 0 Å². The number of halogens is 3. The second kappa shape index (κ2) is 10.8. The maximum absolute atomic E-state index is 13.5. The number of aromatic amines is 1. The number of phenolic OH excluding ortho intramolecular Hbond substituents is 1. The Morgan fingerprint density at radius 3 is 2.77 bits per heavy atom. The van der Waals surface area contributed by atoms with Crippen molar-refractivity contribution < 1.29 is 18.6 Å². The average Bonchev–Trinajstić information content (AvgIpc) is 2.85. The lowest BCUT2D eigenvalue weighted by Crippen LogP contribution is -2.41. The van der Waals surface area contributed by atoms with Crippen LogP contribution in [0.4, 0.5) is 8.78 Å². The number of nitrogens with zero attached hydrogens (tertiary/aromatic N) is 2. The number of fused-ring (bicyclic) bond motifs is 1. The number of nitrogens with one attached hydrogen (secondary N) is 1. The van der Waals surface area contributed by atoms with Crippen molar-refractivity contribution in [1.29, 1.82) is 0 Å². The van der Waals surface area contributed by atoms with Gasteiger partial charge in [-0.25, -0.2) is 13.8 Å². The predicted molar refractivity (Wildman–Crippen MR) is 133 cm³/mol. The molecule has 0 amide bonds. The zero-order valence-electron chi connectivity index (χ0n) is 19.3. The van der Waals surface area contributed by atoms with Crippen LogP contribution in [0.2, 0.25) is 5.02 Å². The van der Waals surface area contributed by atoms with Crippen LogP contribution >= 0.6 is 11.6 Å². The number of ether oxygens (including phenoxy) is 1. The molecule has 2 heterocycles. The normalized spacial score (nSPS) is 15.5. The van der Waals surface area contributed by atoms with Gasteiger partial charge in [0.2, 0.25) is 0 Å². The number of hydrogen-bond acceptors (Lipinski definition) is 5. The second-order valence-electron chi connectivity index (χ2n) is 8.90. The molecule has 0 saturated carbocycles. The minimum atomic E-state index is -2.85. The number of benzene rings is 2. The van der Waals surface area contributed by atoms with Crippen molar-refractivity contribution in [3.8, 4) is 16.9 Å². The molecule has 2 aromatic carbocycles. The van der Waals surface area contributed by atoms with E-state index in [1.54, 1.807) is 4.90 Å². The van der Waals surface area contributed by atoms with Gasteiger partial charge in [0.25, 0.3) is 11.5 Å². The van der Waals surface area contributed by atoms with Gasteiger partial charge in [0.05, 0.1) is 29.9 Å². The number of piperidine rings is 1. The van der Waals surface area contributed by atoms with E-state index in [1.165, 1.54) is 12.4 Å². The topological polar surface area (TPSA) is 78.5 Å². The van der Waals surface area contributed by atoms with E-state index in [2.05, 4.69) is 16.5 Å². The maximum atomic E-state index is 13.5. The number of phenols is 1. The van der Waals surface area contributed by atoms with Crippen LogP contribution in [0.5, 0.6) is 5.75 Å². The van der Waals surface area contributed by atoms with Gasteiger partial charge in [-0.1, -0.05) is 42.4 Å². The number of hydrogen-bond donors (Lipinski definition) is 2. The zero-order chi connectivity index (χ0) is 25.0. The van der Waals surface area contributed by atoms with Gasteiger partial charge >= 0.3 is 0 Å². The highest BCUT2D eigenvalue weighted by atomic mass is 35.5. The highest BCUT2D eigenvalue weighted by Crippen LogP contribution is 2.38. The molecule has 0 unspecified atom stereocenters. The summed E-state index contributed by atoms with van der Waals surface area (Å²) in [6, 6.07) is 9.04. The molecular formula is C26H28ClF2N3O3. The molecule has 2 N–H and O–H groups in total. The summed E-state index contributed by atoms with van der Waals surface area (Å²) in [6.07, 6.45) is 4.52. The van der Waals surface area contributed by atoms with Gasteiger partial charge < -0.3 is 14.8 Å². The van der Waals surface area contributed by atoms with Crippen LogP contribution in [-0.2, 0) is 11.3 Å². The van der Waals surface area contributed by atoms with Crippen LogP contribution in [0.1, 0.15) is 24.8 Å². The van der Waals surface area contributed by atoms with E-state index in [1.807, 2.05) is 24.3 Å². The molecule has 1 aliphatic rings. The van der Waals surface area contributed by atoms with Gasteiger partial charge in [0.1, 0.15) is 11.3 Å². The summed E-state index contributed by atoms with van der Waals surface area (Å²) in [4.78, 5) is 20.6. The van der Waals surface area contributed by atoms with Crippen molar-refractivity contribution in [2.45, 2.75) is 31.8 Å². The van der Waals surface area contributed by atoms with Crippen LogP contribution in [-0.4, -0.2) is 52.1 Å². The number of likely N-dealkylation sites (tertiary alicyclic amines) is 1. The lowest BCUT2D eigenvalue weighted by atomic mass is 9.93. The summed E-state index contributed by atoms with van der Waals surface area (Å²) < 4.78 is 33.0. The Morgan fingerprint density at radius 1 is 1.29 bits per heavy atom. The van der Waals surface area contributed by atoms with Crippen LogP contribution in [0, 0.1) is 5.92 Å². The van der Waals surface area contributed by atoms with Crippen molar-refractivity contribution in [2.75, 3.05) is 26.2 Å². The zero-order valence-corrected chi connectivity index (χ0v) is 20.0. The van der Waals surface area contributed by atoms with Crippen LogP contribution < -0.4 is 5.56 Å². The Labute approximate surface area is 207 Å². The highest BCUT2D eigenvalue weighted by molar-refractivity contribution is 6.38. The molecular weight excluding hydrogens is 476 g/mol. The molecule has 1 aliphatic heterocycles. The summed E-state index contributed by atoms with van der Waals surface area (Å²) in [7, 11) is 0. The molecule has 0 bridgehead atoms. The predicted octanol–water partition coefficient (Wildman–Crippen LogP) is 5.39. The van der Waals surface area contributed by atoms with Gasteiger partial charge in [0, 0.05) is 12.2 Å². The van der Waals surface area contributed by atoms with Crippen molar-refractivity contribution >= 4 is 22.5 Å². The first-order valence-corrected chi connectivity index (χ1v) is 12.0. The molecule has 0 radical (unpaired) electrons. The largest absolute Gasteiger partial charge is 0.506 e. The molecule has 1 fully saturated rings. The molecule has 35 heavy (non-hydrogen) atoms. The first-order chi connectivity index (χ1) is 16.8. The molecule has 3 aromatic rings. The fourth-order valence-electron chi connectivity index (χ4n) is 4.53. The summed E-state index contributed by atoms with van der Waals surface area (Å²) in [6.45, 7) is 5.11. The Balaban J connectivity index is 1.38. The van der Waals surface area contributed by atoms with E-state index in [4.69, 9.17) is 16.3 Å². The molecule has 0 aliphatic carbocycles. The van der Waals surface area contributed by atoms with Crippen molar-refractivity contribution in [1.82, 2.24) is 14.9 Å². The van der Waals surface area contributed by atoms with Gasteiger partial charge in [-0.2, -0.15) is 0 Å². The number of rotatable bonds is 9. The highest BCUT2D eigenvalue weighted by Gasteiger charge is 2.30. The smallest absolute Gasteiger partial charge is 0.278 e. The monoisotopic (exact) mass is 503 g/mol. The Bertz CT molecular complexity index is 1260. The van der Waals surface area contributed by atoms with E-state index in [-0.39, 0.29) is 28.2 Å². The molecule has 6 nitrogen and oxygen atoms in total. The summed E-state index contributed by atoms with van der Waals surface area (Å²) in [5, 5.41) is 10.8. The van der Waals surface area contributed by atoms with Crippen LogP contribution in [0.25, 0.3) is 22.0 Å². The Kier molecular flexibility index (Phi) is 7.84. The van der Waals surface area contributed by atoms with Gasteiger partial charge in [-0.3, -0.25) is 9.69 Å². The SMILES string of the molecule is C=CC(F)(F)CN1CCC(CCOCc2ccccc2-c2cc(O)c3nc[nH]c(=O)c3c2Cl)CC1. The minimum Gasteiger partial charge on any atom is -0.506 e. The molecule has 1 aromatic heterocycles. The van der Waals surface area contributed by atoms with Crippen molar-refractivity contribution in [2.24, 2.45) is 5.92 Å². The molecule has 0 spiro atoms. The quantitative estimate of drug-likeness (QED) is 0.302. The number of aromatic nitrogens is 2. The molecule has 186 valence electrons. The van der Waals surface area contributed by atoms with Crippen LogP contribution in [0.3, 0.4) is 0 Å². The fourth-order valence-corrected chi connectivity index (χ4v) is 4.87. The van der Waals surface area contributed by atoms with Crippen molar-refractivity contribution in [3.05, 3.63) is 70.3 Å². The third-order valence-corrected chi connectivity index (χ3v) is 6.90. The first-order valence-electron chi connectivity index (χ1n) is 11.6. The minimum absolute atomic E-state index is 0.126. The lowest BCUT2D eigenvalue weighted by Gasteiger charge is -2.33. The molecule has 1 saturated heterocycles. The van der Waals surface area contributed by atoms with E-state index < -0.39 is 11.5 Å². The summed E-state index contributed by atoms with van der Waals surface area (Å²) in [5.41, 5.74) is 1.88.